The molecule has 0 N–H and O–H groups in total. The van der Waals surface area contributed by atoms with E-state index in [9.17, 15) is 0 Å². The van der Waals surface area contributed by atoms with Gasteiger partial charge in [-0.3, -0.25) is 0 Å². The molecular formula is C23H19N2O. The molecule has 0 bridgehead atoms. The van der Waals surface area contributed by atoms with E-state index in [1.54, 1.807) is 0 Å². The van der Waals surface area contributed by atoms with E-state index in [1.165, 1.54) is 0 Å². The first-order chi connectivity index (χ1) is 12.8. The number of hydrogen-bond acceptors (Lipinski definition) is 2. The molecule has 3 heteroatoms. The monoisotopic (exact) mass is 339 g/mol. The predicted molar refractivity (Wildman–Crippen MR) is 106 cm³/mol. The van der Waals surface area contributed by atoms with Crippen molar-refractivity contribution in [3.63, 3.8) is 0 Å². The zero-order chi connectivity index (χ0) is 17.8. The molecule has 1 aliphatic heterocycles. The van der Waals surface area contributed by atoms with E-state index < -0.39 is 0 Å². The molecule has 0 spiro atoms. The lowest BCUT2D eigenvalue weighted by Gasteiger charge is -2.07. The van der Waals surface area contributed by atoms with Gasteiger partial charge in [0, 0.05) is 16.7 Å². The van der Waals surface area contributed by atoms with Gasteiger partial charge in [-0.15, -0.1) is 0 Å². The van der Waals surface area contributed by atoms with Crippen LogP contribution in [0.2, 0.25) is 0 Å². The summed E-state index contributed by atoms with van der Waals surface area (Å²) >= 11 is 0. The Morgan fingerprint density at radius 3 is 1.81 bits per heavy atom. The molecule has 0 saturated heterocycles. The van der Waals surface area contributed by atoms with Crippen molar-refractivity contribution in [1.29, 1.82) is 0 Å². The van der Waals surface area contributed by atoms with Gasteiger partial charge in [-0.25, -0.2) is 10.3 Å². The molecule has 0 aromatic heterocycles. The highest BCUT2D eigenvalue weighted by Crippen LogP contribution is 2.32. The molecule has 3 aromatic carbocycles. The zero-order valence-corrected chi connectivity index (χ0v) is 14.6. The molecule has 0 atom stereocenters. The van der Waals surface area contributed by atoms with E-state index in [2.05, 4.69) is 24.3 Å². The molecule has 3 nitrogen and oxygen atoms in total. The highest BCUT2D eigenvalue weighted by molar-refractivity contribution is 6.14. The highest BCUT2D eigenvalue weighted by atomic mass is 16.5. The van der Waals surface area contributed by atoms with Gasteiger partial charge in [-0.2, -0.15) is 0 Å². The predicted octanol–water partition coefficient (Wildman–Crippen LogP) is 4.98. The summed E-state index contributed by atoms with van der Waals surface area (Å²) in [7, 11) is 0. The largest absolute Gasteiger partial charge is 0.494 e. The van der Waals surface area contributed by atoms with Gasteiger partial charge in [0.05, 0.1) is 18.0 Å². The molecule has 1 aliphatic rings. The van der Waals surface area contributed by atoms with Crippen LogP contribution >= 0.6 is 0 Å². The first-order valence-corrected chi connectivity index (χ1v) is 8.74. The average molecular weight is 339 g/mol. The molecule has 1 radical (unpaired) electrons. The van der Waals surface area contributed by atoms with Crippen LogP contribution in [0.4, 0.5) is 0 Å². The van der Waals surface area contributed by atoms with Crippen LogP contribution in [-0.4, -0.2) is 12.4 Å². The molecule has 26 heavy (non-hydrogen) atoms. The van der Waals surface area contributed by atoms with Crippen molar-refractivity contribution in [3.8, 4) is 5.75 Å². The summed E-state index contributed by atoms with van der Waals surface area (Å²) in [6.45, 7) is 2.63. The van der Waals surface area contributed by atoms with Crippen LogP contribution in [0.5, 0.6) is 5.75 Å². The molecule has 0 aliphatic carbocycles. The van der Waals surface area contributed by atoms with Crippen LogP contribution < -0.4 is 10.1 Å². The molecule has 0 saturated carbocycles. The summed E-state index contributed by atoms with van der Waals surface area (Å²) < 4.78 is 5.52. The minimum Gasteiger partial charge on any atom is -0.494 e. The molecule has 3 aromatic rings. The van der Waals surface area contributed by atoms with Gasteiger partial charge < -0.3 is 4.74 Å². The molecule has 4 rings (SSSR count). The number of ether oxygens (including phenoxy) is 1. The lowest BCUT2D eigenvalue weighted by Crippen LogP contribution is -2.11. The van der Waals surface area contributed by atoms with Crippen LogP contribution in [0.3, 0.4) is 0 Å². The second-order valence-electron chi connectivity index (χ2n) is 5.93. The van der Waals surface area contributed by atoms with Crippen LogP contribution in [0, 0.1) is 0 Å². The summed E-state index contributed by atoms with van der Waals surface area (Å²) in [6, 6.07) is 28.3. The Labute approximate surface area is 153 Å². The minimum absolute atomic E-state index is 0.655. The molecule has 0 unspecified atom stereocenters. The van der Waals surface area contributed by atoms with Crippen molar-refractivity contribution >= 4 is 17.2 Å². The van der Waals surface area contributed by atoms with E-state index in [4.69, 9.17) is 15.0 Å². The lowest BCUT2D eigenvalue weighted by atomic mass is 10.1. The van der Waals surface area contributed by atoms with E-state index in [0.29, 0.717) is 6.61 Å². The molecular weight excluding hydrogens is 320 g/mol. The van der Waals surface area contributed by atoms with Gasteiger partial charge in [-0.05, 0) is 31.2 Å². The average Bonchev–Trinajstić information content (AvgIpc) is 3.16. The molecule has 1 heterocycles. The van der Waals surface area contributed by atoms with Gasteiger partial charge in [0.25, 0.3) is 0 Å². The van der Waals surface area contributed by atoms with Crippen LogP contribution in [-0.2, 0) is 0 Å². The van der Waals surface area contributed by atoms with Crippen molar-refractivity contribution in [3.05, 3.63) is 102 Å². The van der Waals surface area contributed by atoms with E-state index >= 15 is 0 Å². The quantitative estimate of drug-likeness (QED) is 0.646. The Morgan fingerprint density at radius 2 is 1.23 bits per heavy atom. The van der Waals surface area contributed by atoms with Crippen LogP contribution in [0.15, 0.2) is 89.9 Å². The second kappa shape index (κ2) is 7.28. The fraction of sp³-hybridized carbons (Fsp3) is 0.0870. The number of nitrogens with zero attached hydrogens (tertiary/aromatic N) is 2. The standard InChI is InChI=1S/C23H19N2O/c1-2-26-20-15-13-19(14-16-20)23-24-21(17-9-5-3-6-10-17)22(25-23)18-11-7-4-8-12-18/h3-16H,2H2,1H3. The maximum atomic E-state index is 5.52. The van der Waals surface area contributed by atoms with Crippen molar-refractivity contribution < 1.29 is 4.74 Å². The Morgan fingerprint density at radius 1 is 0.654 bits per heavy atom. The van der Waals surface area contributed by atoms with E-state index in [1.807, 2.05) is 67.6 Å². The van der Waals surface area contributed by atoms with Crippen molar-refractivity contribution in [2.75, 3.05) is 6.61 Å². The Bertz CT molecular complexity index is 943. The number of amidine groups is 1. The topological polar surface area (TPSA) is 35.7 Å². The third-order valence-electron chi connectivity index (χ3n) is 4.18. The maximum absolute atomic E-state index is 5.52. The van der Waals surface area contributed by atoms with Crippen molar-refractivity contribution in [1.82, 2.24) is 5.32 Å². The van der Waals surface area contributed by atoms with Crippen LogP contribution in [0.25, 0.3) is 11.4 Å². The van der Waals surface area contributed by atoms with E-state index in [0.717, 1.165) is 39.7 Å². The summed E-state index contributed by atoms with van der Waals surface area (Å²) in [6.07, 6.45) is 0. The van der Waals surface area contributed by atoms with Crippen molar-refractivity contribution in [2.24, 2.45) is 4.99 Å². The van der Waals surface area contributed by atoms with E-state index in [-0.39, 0.29) is 0 Å². The summed E-state index contributed by atoms with van der Waals surface area (Å²) in [5.74, 6) is 1.58. The Kier molecular flexibility index (Phi) is 4.52. The summed E-state index contributed by atoms with van der Waals surface area (Å²) in [4.78, 5) is 4.85. The molecule has 127 valence electrons. The van der Waals surface area contributed by atoms with Crippen molar-refractivity contribution in [2.45, 2.75) is 6.92 Å². The van der Waals surface area contributed by atoms with Gasteiger partial charge in [0.1, 0.15) is 5.75 Å². The Balaban J connectivity index is 1.72. The minimum atomic E-state index is 0.655. The van der Waals surface area contributed by atoms with Gasteiger partial charge in [0.2, 0.25) is 0 Å². The third-order valence-corrected chi connectivity index (χ3v) is 4.18. The molecule has 0 amide bonds. The number of hydrogen-bond donors (Lipinski definition) is 0. The summed E-state index contributed by atoms with van der Waals surface area (Å²) in [5.41, 5.74) is 4.92. The number of aliphatic imine (C=N–C) groups is 1. The lowest BCUT2D eigenvalue weighted by molar-refractivity contribution is 0.340. The fourth-order valence-corrected chi connectivity index (χ4v) is 2.93. The number of rotatable bonds is 5. The first kappa shape index (κ1) is 16.2. The van der Waals surface area contributed by atoms with Gasteiger partial charge in [0.15, 0.2) is 5.84 Å². The zero-order valence-electron chi connectivity index (χ0n) is 14.6. The summed E-state index contributed by atoms with van der Waals surface area (Å²) in [5, 5.41) is 4.85. The van der Waals surface area contributed by atoms with Gasteiger partial charge in [-0.1, -0.05) is 60.7 Å². The smallest absolute Gasteiger partial charge is 0.160 e. The first-order valence-electron chi connectivity index (χ1n) is 8.74. The van der Waals surface area contributed by atoms with Crippen LogP contribution in [0.1, 0.15) is 23.6 Å². The Hall–Kier alpha value is -3.33. The third kappa shape index (κ3) is 3.24. The fourth-order valence-electron chi connectivity index (χ4n) is 2.93. The molecule has 0 fully saturated rings. The second-order valence-corrected chi connectivity index (χ2v) is 5.93. The number of benzene rings is 3. The normalized spacial score (nSPS) is 13.3. The SMILES string of the molecule is CCOc1ccc(C2=NC(c3ccccc3)=C(c3ccccc3)[N]2)cc1. The maximum Gasteiger partial charge on any atom is 0.160 e. The van der Waals surface area contributed by atoms with Gasteiger partial charge >= 0.3 is 0 Å². The highest BCUT2D eigenvalue weighted by Gasteiger charge is 2.23.